The SMILES string of the molecule is CN(C)C(=O)[C@@H]1CN(C(=O)[C@@H](CCS(C)(=O)=O)N2C(=O)c3ccccc3C2=O)c2ccccc2O1. The van der Waals surface area contributed by atoms with E-state index in [1.807, 2.05) is 0 Å². The maximum atomic E-state index is 13.9. The highest BCUT2D eigenvalue weighted by Gasteiger charge is 2.46. The Balaban J connectivity index is 1.75. The molecule has 0 radical (unpaired) electrons. The summed E-state index contributed by atoms with van der Waals surface area (Å²) >= 11 is 0. The summed E-state index contributed by atoms with van der Waals surface area (Å²) in [7, 11) is -0.394. The molecule has 0 saturated heterocycles. The van der Waals surface area contributed by atoms with Crippen molar-refractivity contribution in [1.29, 1.82) is 0 Å². The number of para-hydroxylation sites is 2. The van der Waals surface area contributed by atoms with Gasteiger partial charge >= 0.3 is 0 Å². The molecule has 2 aliphatic rings. The lowest BCUT2D eigenvalue weighted by Gasteiger charge is -2.38. The number of nitrogens with zero attached hydrogens (tertiary/aromatic N) is 3. The van der Waals surface area contributed by atoms with Crippen LogP contribution in [0.15, 0.2) is 48.5 Å². The van der Waals surface area contributed by atoms with Crippen molar-refractivity contribution in [3.05, 3.63) is 59.7 Å². The number of hydrogen-bond donors (Lipinski definition) is 0. The molecule has 4 amide bonds. The van der Waals surface area contributed by atoms with Gasteiger partial charge in [-0.1, -0.05) is 24.3 Å². The van der Waals surface area contributed by atoms with Gasteiger partial charge in [0, 0.05) is 20.4 Å². The molecule has 2 aromatic carbocycles. The molecular weight excluding hydrogens is 474 g/mol. The predicted octanol–water partition coefficient (Wildman–Crippen LogP) is 0.968. The Labute approximate surface area is 203 Å². The molecule has 2 heterocycles. The smallest absolute Gasteiger partial charge is 0.265 e. The van der Waals surface area contributed by atoms with Gasteiger partial charge < -0.3 is 14.5 Å². The van der Waals surface area contributed by atoms with Crippen molar-refractivity contribution in [2.24, 2.45) is 0 Å². The van der Waals surface area contributed by atoms with Crippen LogP contribution in [0.1, 0.15) is 27.1 Å². The first-order valence-electron chi connectivity index (χ1n) is 10.9. The first-order valence-corrected chi connectivity index (χ1v) is 13.0. The molecule has 10 nitrogen and oxygen atoms in total. The highest BCUT2D eigenvalue weighted by atomic mass is 32.2. The minimum Gasteiger partial charge on any atom is -0.476 e. The summed E-state index contributed by atoms with van der Waals surface area (Å²) in [5, 5.41) is 0. The second-order valence-electron chi connectivity index (χ2n) is 8.72. The lowest BCUT2D eigenvalue weighted by molar-refractivity contribution is -0.136. The summed E-state index contributed by atoms with van der Waals surface area (Å²) in [4.78, 5) is 56.4. The average molecular weight is 500 g/mol. The maximum Gasteiger partial charge on any atom is 0.265 e. The van der Waals surface area contributed by atoms with Gasteiger partial charge in [0.2, 0.25) is 0 Å². The number of imide groups is 1. The van der Waals surface area contributed by atoms with E-state index < -0.39 is 45.5 Å². The molecule has 184 valence electrons. The van der Waals surface area contributed by atoms with E-state index >= 15 is 0 Å². The van der Waals surface area contributed by atoms with Gasteiger partial charge in [0.05, 0.1) is 29.1 Å². The Morgan fingerprint density at radius 1 is 1.03 bits per heavy atom. The van der Waals surface area contributed by atoms with Gasteiger partial charge in [0.25, 0.3) is 23.6 Å². The van der Waals surface area contributed by atoms with Crippen LogP contribution in [0.25, 0.3) is 0 Å². The average Bonchev–Trinajstić information content (AvgIpc) is 3.07. The van der Waals surface area contributed by atoms with Gasteiger partial charge in [-0.2, -0.15) is 0 Å². The molecule has 35 heavy (non-hydrogen) atoms. The van der Waals surface area contributed by atoms with Gasteiger partial charge in [-0.25, -0.2) is 8.42 Å². The van der Waals surface area contributed by atoms with Crippen molar-refractivity contribution in [1.82, 2.24) is 9.80 Å². The largest absolute Gasteiger partial charge is 0.476 e. The molecule has 0 N–H and O–H groups in total. The van der Waals surface area contributed by atoms with Crippen LogP contribution >= 0.6 is 0 Å². The molecule has 2 aromatic rings. The summed E-state index contributed by atoms with van der Waals surface area (Å²) in [6.07, 6.45) is -0.275. The number of hydrogen-bond acceptors (Lipinski definition) is 7. The molecule has 11 heteroatoms. The van der Waals surface area contributed by atoms with Crippen molar-refractivity contribution in [2.75, 3.05) is 37.5 Å². The molecule has 2 atom stereocenters. The minimum absolute atomic E-state index is 0.151. The molecule has 0 fully saturated rings. The first kappa shape index (κ1) is 24.4. The van der Waals surface area contributed by atoms with E-state index in [1.54, 1.807) is 50.5 Å². The fraction of sp³-hybridized carbons (Fsp3) is 0.333. The molecule has 0 spiro atoms. The van der Waals surface area contributed by atoms with Crippen molar-refractivity contribution < 1.29 is 32.3 Å². The summed E-state index contributed by atoms with van der Waals surface area (Å²) < 4.78 is 29.7. The van der Waals surface area contributed by atoms with E-state index in [4.69, 9.17) is 4.74 Å². The van der Waals surface area contributed by atoms with Crippen LogP contribution < -0.4 is 9.64 Å². The van der Waals surface area contributed by atoms with Crippen molar-refractivity contribution >= 4 is 39.2 Å². The highest BCUT2D eigenvalue weighted by molar-refractivity contribution is 7.90. The standard InChI is InChI=1S/C24H25N3O7S/c1-25(2)24(31)20-14-26(17-10-6-7-11-19(17)34-20)23(30)18(12-13-35(3,32)33)27-21(28)15-8-4-5-9-16(15)22(27)29/h4-11,18,20H,12-14H2,1-3H3/t18-,20+/m1/s1. The van der Waals surface area contributed by atoms with E-state index in [9.17, 15) is 27.6 Å². The lowest BCUT2D eigenvalue weighted by atomic mass is 10.1. The monoisotopic (exact) mass is 499 g/mol. The zero-order valence-corrected chi connectivity index (χ0v) is 20.3. The topological polar surface area (TPSA) is 121 Å². The van der Waals surface area contributed by atoms with E-state index in [1.165, 1.54) is 21.9 Å². The lowest BCUT2D eigenvalue weighted by Crippen LogP contribution is -2.56. The molecule has 0 unspecified atom stereocenters. The fourth-order valence-corrected chi connectivity index (χ4v) is 4.87. The molecule has 0 aromatic heterocycles. The summed E-state index contributed by atoms with van der Waals surface area (Å²) in [6, 6.07) is 11.4. The third-order valence-corrected chi connectivity index (χ3v) is 6.92. The number of likely N-dealkylation sites (N-methyl/N-ethyl adjacent to an activating group) is 1. The Kier molecular flexibility index (Phi) is 6.37. The fourth-order valence-electron chi connectivity index (χ4n) is 4.22. The summed E-state index contributed by atoms with van der Waals surface area (Å²) in [5.41, 5.74) is 0.664. The number of ether oxygens (including phenoxy) is 1. The number of carbonyl (C=O) groups excluding carboxylic acids is 4. The number of benzene rings is 2. The molecular formula is C24H25N3O7S. The summed E-state index contributed by atoms with van der Waals surface area (Å²) in [5.74, 6) is -2.50. The number of sulfone groups is 1. The Morgan fingerprint density at radius 2 is 1.60 bits per heavy atom. The van der Waals surface area contributed by atoms with Crippen LogP contribution in [0.4, 0.5) is 5.69 Å². The quantitative estimate of drug-likeness (QED) is 0.543. The van der Waals surface area contributed by atoms with Crippen LogP contribution in [0.3, 0.4) is 0 Å². The number of carbonyl (C=O) groups is 4. The zero-order valence-electron chi connectivity index (χ0n) is 19.5. The highest BCUT2D eigenvalue weighted by Crippen LogP contribution is 2.35. The second-order valence-corrected chi connectivity index (χ2v) is 11.0. The van der Waals surface area contributed by atoms with E-state index in [0.717, 1.165) is 11.2 Å². The van der Waals surface area contributed by atoms with Crippen LogP contribution in [-0.2, 0) is 19.4 Å². The van der Waals surface area contributed by atoms with Gasteiger partial charge in [-0.05, 0) is 30.7 Å². The molecule has 2 aliphatic heterocycles. The van der Waals surface area contributed by atoms with Gasteiger partial charge in [-0.15, -0.1) is 0 Å². The van der Waals surface area contributed by atoms with Crippen LogP contribution in [0.2, 0.25) is 0 Å². The van der Waals surface area contributed by atoms with Crippen LogP contribution in [-0.4, -0.2) is 86.6 Å². The van der Waals surface area contributed by atoms with E-state index in [-0.39, 0.29) is 35.7 Å². The first-order chi connectivity index (χ1) is 16.5. The molecule has 0 saturated carbocycles. The molecule has 4 rings (SSSR count). The normalized spacial score (nSPS) is 18.0. The Morgan fingerprint density at radius 3 is 2.17 bits per heavy atom. The van der Waals surface area contributed by atoms with Crippen LogP contribution in [0.5, 0.6) is 5.75 Å². The van der Waals surface area contributed by atoms with Crippen molar-refractivity contribution in [3.63, 3.8) is 0 Å². The van der Waals surface area contributed by atoms with Crippen molar-refractivity contribution in [2.45, 2.75) is 18.6 Å². The minimum atomic E-state index is -3.52. The van der Waals surface area contributed by atoms with Gasteiger partial charge in [0.15, 0.2) is 6.10 Å². The third-order valence-electron chi connectivity index (χ3n) is 5.94. The van der Waals surface area contributed by atoms with Crippen molar-refractivity contribution in [3.8, 4) is 5.75 Å². The second kappa shape index (κ2) is 9.14. The van der Waals surface area contributed by atoms with E-state index in [0.29, 0.717) is 5.69 Å². The Hall–Kier alpha value is -3.73. The molecule has 0 bridgehead atoms. The number of rotatable bonds is 6. The number of amides is 4. The van der Waals surface area contributed by atoms with Crippen LogP contribution in [0, 0.1) is 0 Å². The predicted molar refractivity (Wildman–Crippen MR) is 127 cm³/mol. The number of fused-ring (bicyclic) bond motifs is 2. The third kappa shape index (κ3) is 4.63. The molecule has 0 aliphatic carbocycles. The zero-order chi connectivity index (χ0) is 25.5. The van der Waals surface area contributed by atoms with E-state index in [2.05, 4.69) is 0 Å². The Bertz CT molecular complexity index is 1290. The van der Waals surface area contributed by atoms with Gasteiger partial charge in [-0.3, -0.25) is 24.1 Å². The van der Waals surface area contributed by atoms with Gasteiger partial charge in [0.1, 0.15) is 21.6 Å². The summed E-state index contributed by atoms with van der Waals surface area (Å²) in [6.45, 7) is -0.161. The number of anilines is 1. The maximum absolute atomic E-state index is 13.9.